The number of pyridine rings is 1. The van der Waals surface area contributed by atoms with E-state index in [2.05, 4.69) is 10.3 Å². The van der Waals surface area contributed by atoms with Crippen LogP contribution in [0.15, 0.2) is 47.5 Å². The Balaban J connectivity index is 1.94. The summed E-state index contributed by atoms with van der Waals surface area (Å²) in [6.07, 6.45) is 3.45. The summed E-state index contributed by atoms with van der Waals surface area (Å²) < 4.78 is 4.90. The Hall–Kier alpha value is -2.89. The second-order valence-electron chi connectivity index (χ2n) is 5.57. The molecular weight excluding hydrogens is 296 g/mol. The number of amides is 1. The highest BCUT2D eigenvalue weighted by atomic mass is 16.5. The molecule has 0 saturated carbocycles. The van der Waals surface area contributed by atoms with Gasteiger partial charge in [-0.15, -0.1) is 0 Å². The molecule has 1 aromatic heterocycles. The Kier molecular flexibility index (Phi) is 3.73. The predicted molar refractivity (Wildman–Crippen MR) is 83.1 cm³/mol. The standard InChI is InChI=1S/C17H16N2O4/c1-23-16(22)17(8-11-4-2-3-5-12(11)9-17)19-15(21)13-10-18-7-6-14(13)20/h2-7,10H,8-9H2,1H3,(H,18,20)(H,19,21). The summed E-state index contributed by atoms with van der Waals surface area (Å²) in [6.45, 7) is 0. The molecule has 1 amide bonds. The van der Waals surface area contributed by atoms with Gasteiger partial charge >= 0.3 is 5.97 Å². The van der Waals surface area contributed by atoms with Crippen molar-refractivity contribution >= 4 is 11.9 Å². The first-order valence-corrected chi connectivity index (χ1v) is 7.20. The van der Waals surface area contributed by atoms with Crippen molar-refractivity contribution in [2.24, 2.45) is 0 Å². The predicted octanol–water partition coefficient (Wildman–Crippen LogP) is 0.815. The van der Waals surface area contributed by atoms with Crippen LogP contribution in [0.4, 0.5) is 0 Å². The fraction of sp³-hybridized carbons (Fsp3) is 0.235. The molecule has 0 aliphatic heterocycles. The summed E-state index contributed by atoms with van der Waals surface area (Å²) in [5.41, 5.74) is 0.349. The number of carbonyl (C=O) groups excluding carboxylic acids is 2. The Morgan fingerprint density at radius 2 is 1.83 bits per heavy atom. The van der Waals surface area contributed by atoms with Crippen LogP contribution in [0.3, 0.4) is 0 Å². The molecule has 0 radical (unpaired) electrons. The van der Waals surface area contributed by atoms with Crippen LogP contribution in [-0.2, 0) is 22.4 Å². The molecule has 6 nitrogen and oxygen atoms in total. The van der Waals surface area contributed by atoms with Gasteiger partial charge < -0.3 is 15.0 Å². The van der Waals surface area contributed by atoms with Crippen LogP contribution < -0.4 is 10.7 Å². The highest BCUT2D eigenvalue weighted by Crippen LogP contribution is 2.31. The van der Waals surface area contributed by atoms with Crippen molar-refractivity contribution in [2.75, 3.05) is 7.11 Å². The number of rotatable bonds is 3. The molecule has 2 aromatic rings. The smallest absolute Gasteiger partial charge is 0.332 e. The molecule has 0 bridgehead atoms. The van der Waals surface area contributed by atoms with Crippen LogP contribution in [-0.4, -0.2) is 29.5 Å². The zero-order valence-corrected chi connectivity index (χ0v) is 12.6. The number of nitrogens with one attached hydrogen (secondary N) is 2. The van der Waals surface area contributed by atoms with Gasteiger partial charge in [-0.1, -0.05) is 24.3 Å². The Morgan fingerprint density at radius 1 is 1.17 bits per heavy atom. The van der Waals surface area contributed by atoms with Crippen molar-refractivity contribution in [1.82, 2.24) is 10.3 Å². The topological polar surface area (TPSA) is 88.3 Å². The molecule has 2 N–H and O–H groups in total. The number of H-pyrrole nitrogens is 1. The molecule has 1 aliphatic carbocycles. The first kappa shape index (κ1) is 15.0. The van der Waals surface area contributed by atoms with Crippen molar-refractivity contribution in [2.45, 2.75) is 18.4 Å². The first-order valence-electron chi connectivity index (χ1n) is 7.20. The lowest BCUT2D eigenvalue weighted by molar-refractivity contribution is -0.147. The normalized spacial score (nSPS) is 14.8. The van der Waals surface area contributed by atoms with Gasteiger partial charge in [0.2, 0.25) is 0 Å². The van der Waals surface area contributed by atoms with Crippen molar-refractivity contribution in [1.29, 1.82) is 0 Å². The molecule has 23 heavy (non-hydrogen) atoms. The molecule has 1 heterocycles. The third-order valence-corrected chi connectivity index (χ3v) is 4.10. The van der Waals surface area contributed by atoms with Gasteiger partial charge in [0.15, 0.2) is 5.43 Å². The van der Waals surface area contributed by atoms with Crippen LogP contribution >= 0.6 is 0 Å². The van der Waals surface area contributed by atoms with Crippen molar-refractivity contribution in [3.63, 3.8) is 0 Å². The second kappa shape index (κ2) is 5.72. The molecular formula is C17H16N2O4. The highest BCUT2D eigenvalue weighted by Gasteiger charge is 2.46. The molecule has 0 spiro atoms. The number of methoxy groups -OCH3 is 1. The second-order valence-corrected chi connectivity index (χ2v) is 5.57. The van der Waals surface area contributed by atoms with E-state index >= 15 is 0 Å². The molecule has 0 saturated heterocycles. The summed E-state index contributed by atoms with van der Waals surface area (Å²) in [6, 6.07) is 8.87. The molecule has 0 fully saturated rings. The minimum Gasteiger partial charge on any atom is -0.467 e. The third-order valence-electron chi connectivity index (χ3n) is 4.10. The van der Waals surface area contributed by atoms with Crippen molar-refractivity contribution in [3.05, 3.63) is 69.6 Å². The number of benzene rings is 1. The van der Waals surface area contributed by atoms with E-state index in [9.17, 15) is 14.4 Å². The summed E-state index contributed by atoms with van der Waals surface area (Å²) in [5.74, 6) is -1.11. The fourth-order valence-corrected chi connectivity index (χ4v) is 2.97. The zero-order valence-electron chi connectivity index (χ0n) is 12.6. The van der Waals surface area contributed by atoms with E-state index in [4.69, 9.17) is 4.74 Å². The molecule has 118 valence electrons. The number of esters is 1. The van der Waals surface area contributed by atoms with Gasteiger partial charge in [-0.05, 0) is 11.1 Å². The summed E-state index contributed by atoms with van der Waals surface area (Å²) >= 11 is 0. The quantitative estimate of drug-likeness (QED) is 0.821. The Labute approximate surface area is 132 Å². The number of carbonyl (C=O) groups is 2. The van der Waals surface area contributed by atoms with E-state index in [1.807, 2.05) is 24.3 Å². The lowest BCUT2D eigenvalue weighted by Gasteiger charge is -2.27. The zero-order chi connectivity index (χ0) is 16.4. The minimum atomic E-state index is -1.18. The third kappa shape index (κ3) is 2.63. The number of ether oxygens (including phenoxy) is 1. The van der Waals surface area contributed by atoms with Gasteiger partial charge in [-0.25, -0.2) is 4.79 Å². The summed E-state index contributed by atoms with van der Waals surface area (Å²) in [4.78, 5) is 39.3. The van der Waals surface area contributed by atoms with Gasteiger partial charge in [-0.3, -0.25) is 9.59 Å². The van der Waals surface area contributed by atoms with E-state index in [-0.39, 0.29) is 5.56 Å². The van der Waals surface area contributed by atoms with Crippen LogP contribution in [0.5, 0.6) is 0 Å². The lowest BCUT2D eigenvalue weighted by Crippen LogP contribution is -2.56. The number of hydrogen-bond donors (Lipinski definition) is 2. The van der Waals surface area contributed by atoms with Gasteiger partial charge in [0.25, 0.3) is 5.91 Å². The van der Waals surface area contributed by atoms with Crippen molar-refractivity contribution < 1.29 is 14.3 Å². The van der Waals surface area contributed by atoms with E-state index in [1.165, 1.54) is 25.6 Å². The summed E-state index contributed by atoms with van der Waals surface area (Å²) in [7, 11) is 1.29. The molecule has 1 aliphatic rings. The van der Waals surface area contributed by atoms with E-state index in [0.717, 1.165) is 11.1 Å². The van der Waals surface area contributed by atoms with E-state index in [0.29, 0.717) is 12.8 Å². The van der Waals surface area contributed by atoms with Crippen LogP contribution in [0.25, 0.3) is 0 Å². The van der Waals surface area contributed by atoms with E-state index in [1.54, 1.807) is 0 Å². The first-order chi connectivity index (χ1) is 11.1. The molecule has 3 rings (SSSR count). The maximum absolute atomic E-state index is 12.5. The average Bonchev–Trinajstić information content (AvgIpc) is 2.93. The number of hydrogen-bond acceptors (Lipinski definition) is 4. The molecule has 6 heteroatoms. The molecule has 0 atom stereocenters. The van der Waals surface area contributed by atoms with Crippen molar-refractivity contribution in [3.8, 4) is 0 Å². The lowest BCUT2D eigenvalue weighted by atomic mass is 9.95. The molecule has 0 unspecified atom stereocenters. The largest absolute Gasteiger partial charge is 0.467 e. The van der Waals surface area contributed by atoms with Crippen LogP contribution in [0, 0.1) is 0 Å². The minimum absolute atomic E-state index is 0.0354. The van der Waals surface area contributed by atoms with Crippen LogP contribution in [0.2, 0.25) is 0 Å². The van der Waals surface area contributed by atoms with Gasteiger partial charge in [0.05, 0.1) is 7.11 Å². The van der Waals surface area contributed by atoms with Gasteiger partial charge in [0, 0.05) is 31.3 Å². The van der Waals surface area contributed by atoms with Gasteiger partial charge in [-0.2, -0.15) is 0 Å². The molecule has 1 aromatic carbocycles. The van der Waals surface area contributed by atoms with Gasteiger partial charge in [0.1, 0.15) is 11.1 Å². The highest BCUT2D eigenvalue weighted by molar-refractivity contribution is 5.98. The Morgan fingerprint density at radius 3 is 2.39 bits per heavy atom. The Bertz CT molecular complexity index is 800. The monoisotopic (exact) mass is 312 g/mol. The number of aromatic nitrogens is 1. The van der Waals surface area contributed by atoms with Crippen LogP contribution in [0.1, 0.15) is 21.5 Å². The maximum atomic E-state index is 12.5. The van der Waals surface area contributed by atoms with E-state index < -0.39 is 22.8 Å². The number of aromatic amines is 1. The summed E-state index contributed by atoms with van der Waals surface area (Å²) in [5, 5.41) is 2.71. The average molecular weight is 312 g/mol. The maximum Gasteiger partial charge on any atom is 0.332 e. The fourth-order valence-electron chi connectivity index (χ4n) is 2.97. The SMILES string of the molecule is COC(=O)C1(NC(=O)c2c[nH]ccc2=O)Cc2ccccc2C1. The number of fused-ring (bicyclic) bond motifs is 1.